The maximum Gasteiger partial charge on any atom is 0.316 e. The lowest BCUT2D eigenvalue weighted by Crippen LogP contribution is -2.31. The number of carbonyl (C=O) groups is 1. The molecule has 1 saturated heterocycles. The number of hydrogen-bond donors (Lipinski definition) is 0. The molecule has 1 atom stereocenters. The molecule has 2 aromatic rings. The summed E-state index contributed by atoms with van der Waals surface area (Å²) in [5, 5.41) is 8.12. The predicted octanol–water partition coefficient (Wildman–Crippen LogP) is 1.66. The van der Waals surface area contributed by atoms with E-state index in [1.165, 1.54) is 0 Å². The van der Waals surface area contributed by atoms with Crippen LogP contribution in [0.5, 0.6) is 0 Å². The Morgan fingerprint density at radius 1 is 1.38 bits per heavy atom. The van der Waals surface area contributed by atoms with E-state index in [1.54, 1.807) is 6.20 Å². The van der Waals surface area contributed by atoms with Crippen molar-refractivity contribution >= 4 is 5.91 Å². The van der Waals surface area contributed by atoms with Crippen LogP contribution in [0.1, 0.15) is 59.8 Å². The second kappa shape index (κ2) is 4.68. The third-order valence-corrected chi connectivity index (χ3v) is 4.28. The average molecular weight is 287 g/mol. The fourth-order valence-corrected chi connectivity index (χ4v) is 2.98. The second-order valence-corrected chi connectivity index (χ2v) is 5.77. The van der Waals surface area contributed by atoms with Crippen LogP contribution in [0.3, 0.4) is 0 Å². The largest absolute Gasteiger partial charge is 0.329 e. The molecule has 2 fully saturated rings. The van der Waals surface area contributed by atoms with Gasteiger partial charge in [0.2, 0.25) is 0 Å². The van der Waals surface area contributed by atoms with E-state index in [0.717, 1.165) is 37.9 Å². The zero-order valence-corrected chi connectivity index (χ0v) is 11.9. The Kier molecular flexibility index (Phi) is 2.80. The average Bonchev–Trinajstić information content (AvgIpc) is 2.93. The van der Waals surface area contributed by atoms with Gasteiger partial charge in [-0.05, 0) is 31.7 Å². The molecular formula is C14H17N5O2. The molecule has 1 amide bonds. The number of hydrogen-bond acceptors (Lipinski definition) is 5. The molecule has 0 N–H and O–H groups in total. The van der Waals surface area contributed by atoms with Crippen LogP contribution in [-0.4, -0.2) is 37.3 Å². The van der Waals surface area contributed by atoms with E-state index >= 15 is 0 Å². The van der Waals surface area contributed by atoms with Crippen molar-refractivity contribution in [2.45, 2.75) is 37.6 Å². The van der Waals surface area contributed by atoms with Gasteiger partial charge >= 0.3 is 11.8 Å². The minimum Gasteiger partial charge on any atom is -0.329 e. The Hall–Kier alpha value is -2.18. The molecule has 4 rings (SSSR count). The molecule has 7 heteroatoms. The summed E-state index contributed by atoms with van der Waals surface area (Å²) in [7, 11) is 1.90. The zero-order chi connectivity index (χ0) is 14.4. The van der Waals surface area contributed by atoms with Gasteiger partial charge in [0.1, 0.15) is 0 Å². The van der Waals surface area contributed by atoms with Crippen molar-refractivity contribution < 1.29 is 9.32 Å². The highest BCUT2D eigenvalue weighted by Crippen LogP contribution is 2.38. The summed E-state index contributed by atoms with van der Waals surface area (Å²) in [6.07, 6.45) is 5.86. The van der Waals surface area contributed by atoms with Crippen LogP contribution >= 0.6 is 0 Å². The Bertz CT molecular complexity index is 672. The highest BCUT2D eigenvalue weighted by Gasteiger charge is 2.36. The topological polar surface area (TPSA) is 77.1 Å². The van der Waals surface area contributed by atoms with E-state index in [0.29, 0.717) is 11.7 Å². The molecule has 0 radical (unpaired) electrons. The molecule has 1 saturated carbocycles. The van der Waals surface area contributed by atoms with E-state index in [-0.39, 0.29) is 17.8 Å². The number of aromatic nitrogens is 4. The van der Waals surface area contributed by atoms with Crippen LogP contribution in [0.4, 0.5) is 0 Å². The Morgan fingerprint density at radius 3 is 2.95 bits per heavy atom. The molecule has 1 aliphatic heterocycles. The van der Waals surface area contributed by atoms with Gasteiger partial charge in [0.15, 0.2) is 5.82 Å². The van der Waals surface area contributed by atoms with Crippen molar-refractivity contribution in [1.29, 1.82) is 0 Å². The van der Waals surface area contributed by atoms with Gasteiger partial charge in [0.25, 0.3) is 0 Å². The molecule has 2 aliphatic rings. The molecule has 1 aliphatic carbocycles. The molecule has 0 bridgehead atoms. The first-order valence-corrected chi connectivity index (χ1v) is 7.36. The summed E-state index contributed by atoms with van der Waals surface area (Å²) in [4.78, 5) is 18.7. The number of carbonyl (C=O) groups excluding carboxylic acids is 1. The maximum atomic E-state index is 12.6. The van der Waals surface area contributed by atoms with Crippen LogP contribution in [-0.2, 0) is 7.05 Å². The van der Waals surface area contributed by atoms with Crippen molar-refractivity contribution in [3.05, 3.63) is 29.7 Å². The van der Waals surface area contributed by atoms with Crippen molar-refractivity contribution in [3.8, 4) is 0 Å². The fraction of sp³-hybridized carbons (Fsp3) is 0.571. The first kappa shape index (κ1) is 12.6. The molecule has 3 heterocycles. The fourth-order valence-electron chi connectivity index (χ4n) is 2.98. The second-order valence-electron chi connectivity index (χ2n) is 5.77. The molecular weight excluding hydrogens is 270 g/mol. The van der Waals surface area contributed by atoms with Gasteiger partial charge in [0, 0.05) is 25.7 Å². The highest BCUT2D eigenvalue weighted by molar-refractivity contribution is 5.90. The smallest absolute Gasteiger partial charge is 0.316 e. The third kappa shape index (κ3) is 2.12. The van der Waals surface area contributed by atoms with E-state index in [1.807, 2.05) is 22.7 Å². The Morgan fingerprint density at radius 2 is 2.24 bits per heavy atom. The zero-order valence-electron chi connectivity index (χ0n) is 11.9. The maximum absolute atomic E-state index is 12.6. The molecule has 21 heavy (non-hydrogen) atoms. The standard InChI is InChI=1S/C14H17N5O2/c1-18-10(6-7-15-18)11-3-2-8-19(11)14(20)13-16-12(17-21-13)9-4-5-9/h6-7,9,11H,2-5,8H2,1H3. The van der Waals surface area contributed by atoms with Gasteiger partial charge in [0.05, 0.1) is 11.7 Å². The molecule has 1 unspecified atom stereocenters. The molecule has 2 aromatic heterocycles. The van der Waals surface area contributed by atoms with E-state index in [2.05, 4.69) is 15.2 Å². The Balaban J connectivity index is 1.58. The predicted molar refractivity (Wildman–Crippen MR) is 72.5 cm³/mol. The molecule has 110 valence electrons. The van der Waals surface area contributed by atoms with Crippen LogP contribution in [0.25, 0.3) is 0 Å². The van der Waals surface area contributed by atoms with E-state index < -0.39 is 0 Å². The van der Waals surface area contributed by atoms with E-state index in [9.17, 15) is 4.79 Å². The molecule has 0 spiro atoms. The summed E-state index contributed by atoms with van der Waals surface area (Å²) in [6.45, 7) is 0.718. The van der Waals surface area contributed by atoms with Crippen LogP contribution in [0.2, 0.25) is 0 Å². The van der Waals surface area contributed by atoms with Gasteiger partial charge in [-0.2, -0.15) is 10.1 Å². The minimum absolute atomic E-state index is 0.0428. The summed E-state index contributed by atoms with van der Waals surface area (Å²) in [6, 6.07) is 2.00. The first-order chi connectivity index (χ1) is 10.2. The SMILES string of the molecule is Cn1nccc1C1CCCN1C(=O)c1nc(C2CC2)no1. The third-order valence-electron chi connectivity index (χ3n) is 4.28. The van der Waals surface area contributed by atoms with Gasteiger partial charge < -0.3 is 9.42 Å². The molecule has 0 aromatic carbocycles. The van der Waals surface area contributed by atoms with Crippen molar-refractivity contribution in [2.75, 3.05) is 6.54 Å². The number of likely N-dealkylation sites (tertiary alicyclic amines) is 1. The van der Waals surface area contributed by atoms with Gasteiger partial charge in [-0.1, -0.05) is 5.16 Å². The lowest BCUT2D eigenvalue weighted by molar-refractivity contribution is 0.0680. The summed E-state index contributed by atoms with van der Waals surface area (Å²) < 4.78 is 6.98. The Labute approximate surface area is 121 Å². The lowest BCUT2D eigenvalue weighted by Gasteiger charge is -2.23. The lowest BCUT2D eigenvalue weighted by atomic mass is 10.1. The number of rotatable bonds is 3. The number of amides is 1. The van der Waals surface area contributed by atoms with Crippen LogP contribution in [0, 0.1) is 0 Å². The minimum atomic E-state index is -0.168. The van der Waals surface area contributed by atoms with Crippen molar-refractivity contribution in [2.24, 2.45) is 7.05 Å². The van der Waals surface area contributed by atoms with Crippen molar-refractivity contribution in [3.63, 3.8) is 0 Å². The van der Waals surface area contributed by atoms with Gasteiger partial charge in [-0.15, -0.1) is 0 Å². The summed E-state index contributed by atoms with van der Waals surface area (Å²) >= 11 is 0. The quantitative estimate of drug-likeness (QED) is 0.858. The van der Waals surface area contributed by atoms with Gasteiger partial charge in [-0.3, -0.25) is 9.48 Å². The summed E-state index contributed by atoms with van der Waals surface area (Å²) in [5.41, 5.74) is 1.04. The van der Waals surface area contributed by atoms with E-state index in [4.69, 9.17) is 4.52 Å². The molecule has 7 nitrogen and oxygen atoms in total. The van der Waals surface area contributed by atoms with Crippen LogP contribution in [0.15, 0.2) is 16.8 Å². The highest BCUT2D eigenvalue weighted by atomic mass is 16.5. The van der Waals surface area contributed by atoms with Crippen molar-refractivity contribution in [1.82, 2.24) is 24.8 Å². The number of aryl methyl sites for hydroxylation is 1. The first-order valence-electron chi connectivity index (χ1n) is 7.36. The summed E-state index contributed by atoms with van der Waals surface area (Å²) in [5.74, 6) is 1.01. The monoisotopic (exact) mass is 287 g/mol. The normalized spacial score (nSPS) is 22.0. The number of nitrogens with zero attached hydrogens (tertiary/aromatic N) is 5. The van der Waals surface area contributed by atoms with Gasteiger partial charge in [-0.25, -0.2) is 0 Å². The van der Waals surface area contributed by atoms with Crippen LogP contribution < -0.4 is 0 Å².